The van der Waals surface area contributed by atoms with Crippen LogP contribution in [0.2, 0.25) is 0 Å². The van der Waals surface area contributed by atoms with Gasteiger partial charge >= 0.3 is 0 Å². The van der Waals surface area contributed by atoms with Gasteiger partial charge in [0.1, 0.15) is 48.8 Å². The topological polar surface area (TPSA) is 190 Å². The van der Waals surface area contributed by atoms with E-state index in [4.69, 9.17) is 19.3 Å². The highest BCUT2D eigenvalue weighted by molar-refractivity contribution is 4.93. The van der Waals surface area contributed by atoms with Crippen molar-refractivity contribution in [3.05, 3.63) is 0 Å². The zero-order valence-corrected chi connectivity index (χ0v) is 12.0. The van der Waals surface area contributed by atoms with Crippen LogP contribution in [0, 0.1) is 0 Å². The van der Waals surface area contributed by atoms with E-state index in [-0.39, 0.29) is 0 Å². The van der Waals surface area contributed by atoms with E-state index in [1.165, 1.54) is 0 Å². The highest BCUT2D eigenvalue weighted by Crippen LogP contribution is 2.28. The van der Waals surface area contributed by atoms with E-state index in [1.807, 2.05) is 0 Å². The highest BCUT2D eigenvalue weighted by atomic mass is 16.7. The summed E-state index contributed by atoms with van der Waals surface area (Å²) in [5.41, 5.74) is 0. The zero-order chi connectivity index (χ0) is 17.3. The molecule has 11 nitrogen and oxygen atoms in total. The molecule has 10 atom stereocenters. The molecule has 0 aromatic carbocycles. The summed E-state index contributed by atoms with van der Waals surface area (Å²) >= 11 is 0. The van der Waals surface area contributed by atoms with Gasteiger partial charge in [-0.15, -0.1) is 0 Å². The fraction of sp³-hybridized carbons (Fsp3) is 1.00. The average Bonchev–Trinajstić information content (AvgIpc) is 2.55. The van der Waals surface area contributed by atoms with Crippen LogP contribution >= 0.6 is 0 Å². The Morgan fingerprint density at radius 1 is 0.652 bits per heavy atom. The summed E-state index contributed by atoms with van der Waals surface area (Å²) in [5, 5.41) is 76.5. The van der Waals surface area contributed by atoms with Gasteiger partial charge in [-0.3, -0.25) is 0 Å². The molecule has 0 saturated carbocycles. The fourth-order valence-electron chi connectivity index (χ4n) is 2.57. The van der Waals surface area contributed by atoms with Crippen molar-refractivity contribution < 1.29 is 55.1 Å². The minimum absolute atomic E-state index is 0.667. The first-order valence-corrected chi connectivity index (χ1v) is 7.08. The second-order valence-corrected chi connectivity index (χ2v) is 5.53. The lowest BCUT2D eigenvalue weighted by molar-refractivity contribution is -0.355. The van der Waals surface area contributed by atoms with Gasteiger partial charge in [0.15, 0.2) is 12.6 Å². The van der Waals surface area contributed by atoms with E-state index in [0.717, 1.165) is 0 Å². The van der Waals surface area contributed by atoms with Gasteiger partial charge in [-0.2, -0.15) is 0 Å². The van der Waals surface area contributed by atoms with Crippen molar-refractivity contribution in [2.45, 2.75) is 61.4 Å². The Kier molecular flexibility index (Phi) is 6.27. The van der Waals surface area contributed by atoms with Gasteiger partial charge in [0.05, 0.1) is 13.2 Å². The van der Waals surface area contributed by atoms with Gasteiger partial charge in [0.25, 0.3) is 0 Å². The van der Waals surface area contributed by atoms with Crippen molar-refractivity contribution in [1.29, 1.82) is 0 Å². The summed E-state index contributed by atoms with van der Waals surface area (Å²) in [6, 6.07) is 0. The second-order valence-electron chi connectivity index (χ2n) is 5.53. The molecule has 0 spiro atoms. The molecule has 2 heterocycles. The van der Waals surface area contributed by atoms with Crippen molar-refractivity contribution >= 4 is 0 Å². The summed E-state index contributed by atoms with van der Waals surface area (Å²) in [6.45, 7) is -1.35. The Morgan fingerprint density at radius 2 is 1.26 bits per heavy atom. The number of hydrogen-bond donors (Lipinski definition) is 8. The third-order valence-electron chi connectivity index (χ3n) is 3.98. The molecule has 2 aliphatic rings. The molecule has 0 amide bonds. The third kappa shape index (κ3) is 3.65. The van der Waals surface area contributed by atoms with Crippen LogP contribution in [0.15, 0.2) is 0 Å². The number of rotatable bonds is 4. The first kappa shape index (κ1) is 18.9. The Bertz CT molecular complexity index is 378. The highest BCUT2D eigenvalue weighted by Gasteiger charge is 2.50. The molecule has 0 unspecified atom stereocenters. The van der Waals surface area contributed by atoms with E-state index >= 15 is 0 Å². The van der Waals surface area contributed by atoms with Crippen LogP contribution in [-0.2, 0) is 14.2 Å². The summed E-state index contributed by atoms with van der Waals surface area (Å²) in [4.78, 5) is 0. The van der Waals surface area contributed by atoms with Crippen LogP contribution in [-0.4, -0.2) is 115 Å². The Hall–Kier alpha value is -0.440. The van der Waals surface area contributed by atoms with Crippen molar-refractivity contribution in [3.63, 3.8) is 0 Å². The lowest BCUT2D eigenvalue weighted by atomic mass is 9.97. The van der Waals surface area contributed by atoms with Gasteiger partial charge in [-0.25, -0.2) is 0 Å². The van der Waals surface area contributed by atoms with Gasteiger partial charge < -0.3 is 55.1 Å². The van der Waals surface area contributed by atoms with E-state index in [1.54, 1.807) is 0 Å². The molecule has 2 fully saturated rings. The minimum atomic E-state index is -1.74. The second kappa shape index (κ2) is 7.63. The monoisotopic (exact) mass is 342 g/mol. The quantitative estimate of drug-likeness (QED) is 0.243. The van der Waals surface area contributed by atoms with Crippen LogP contribution < -0.4 is 0 Å². The van der Waals surface area contributed by atoms with Gasteiger partial charge in [0.2, 0.25) is 0 Å². The number of aliphatic hydroxyl groups excluding tert-OH is 8. The predicted octanol–water partition coefficient (Wildman–Crippen LogP) is -5.40. The Labute approximate surface area is 130 Å². The maximum atomic E-state index is 9.94. The molecule has 2 saturated heterocycles. The molecule has 0 bridgehead atoms. The molecule has 8 N–H and O–H groups in total. The van der Waals surface area contributed by atoms with E-state index < -0.39 is 74.6 Å². The van der Waals surface area contributed by atoms with Crippen LogP contribution in [0.4, 0.5) is 0 Å². The van der Waals surface area contributed by atoms with E-state index in [2.05, 4.69) is 0 Å². The maximum Gasteiger partial charge on any atom is 0.187 e. The molecular formula is C12H22O11. The molecule has 136 valence electrons. The zero-order valence-electron chi connectivity index (χ0n) is 12.0. The predicted molar refractivity (Wildman–Crippen MR) is 68.6 cm³/mol. The first-order valence-electron chi connectivity index (χ1n) is 7.08. The summed E-state index contributed by atoms with van der Waals surface area (Å²) in [7, 11) is 0. The molecule has 23 heavy (non-hydrogen) atoms. The standard InChI is InChI=1S/C12H22O11/c13-1-3-5(15)6(16)9(19)12(22-3)23-10-4(2-14)21-11(20)8(18)7(10)17/h3-20H,1-2H2/t3-,4+,5-,6-,7+,8-,9-,10-,11+,12-/m1/s1. The first-order chi connectivity index (χ1) is 10.8. The third-order valence-corrected chi connectivity index (χ3v) is 3.98. The van der Waals surface area contributed by atoms with Gasteiger partial charge in [-0.05, 0) is 0 Å². The molecule has 0 aromatic rings. The normalized spacial score (nSPS) is 51.7. The van der Waals surface area contributed by atoms with Crippen molar-refractivity contribution in [1.82, 2.24) is 0 Å². The summed E-state index contributed by atoms with van der Waals surface area (Å²) in [5.74, 6) is 0. The molecule has 0 aliphatic carbocycles. The largest absolute Gasteiger partial charge is 0.394 e. The molecular weight excluding hydrogens is 320 g/mol. The summed E-state index contributed by atoms with van der Waals surface area (Å²) in [6.07, 6.45) is -15.6. The maximum absolute atomic E-state index is 9.94. The molecule has 0 aromatic heterocycles. The molecule has 2 aliphatic heterocycles. The smallest absolute Gasteiger partial charge is 0.187 e. The average molecular weight is 342 g/mol. The lowest BCUT2D eigenvalue weighted by Crippen LogP contribution is -2.64. The lowest BCUT2D eigenvalue weighted by Gasteiger charge is -2.45. The SMILES string of the molecule is OC[C@@H]1O[C@H](O)[C@H](O)[C@H](O)[C@@H]1O[C@H]1O[C@H](CO)[C@@H](O)[C@@H](O)[C@H]1O. The van der Waals surface area contributed by atoms with Crippen LogP contribution in [0.3, 0.4) is 0 Å². The Balaban J connectivity index is 2.11. The van der Waals surface area contributed by atoms with Crippen LogP contribution in [0.1, 0.15) is 0 Å². The van der Waals surface area contributed by atoms with Crippen molar-refractivity contribution in [2.24, 2.45) is 0 Å². The molecule has 2 rings (SSSR count). The fourth-order valence-corrected chi connectivity index (χ4v) is 2.57. The Morgan fingerprint density at radius 3 is 1.83 bits per heavy atom. The number of aliphatic hydroxyl groups is 8. The van der Waals surface area contributed by atoms with Crippen LogP contribution in [0.25, 0.3) is 0 Å². The van der Waals surface area contributed by atoms with E-state index in [9.17, 15) is 35.7 Å². The molecule has 11 heteroatoms. The minimum Gasteiger partial charge on any atom is -0.394 e. The van der Waals surface area contributed by atoms with Crippen molar-refractivity contribution in [2.75, 3.05) is 13.2 Å². The van der Waals surface area contributed by atoms with Crippen molar-refractivity contribution in [3.8, 4) is 0 Å². The van der Waals surface area contributed by atoms with E-state index in [0.29, 0.717) is 0 Å². The molecule has 0 radical (unpaired) electrons. The number of hydrogen-bond acceptors (Lipinski definition) is 11. The van der Waals surface area contributed by atoms with Gasteiger partial charge in [0, 0.05) is 0 Å². The van der Waals surface area contributed by atoms with Crippen LogP contribution in [0.5, 0.6) is 0 Å². The summed E-state index contributed by atoms with van der Waals surface area (Å²) < 4.78 is 15.3. The number of ether oxygens (including phenoxy) is 3. The van der Waals surface area contributed by atoms with Gasteiger partial charge in [-0.1, -0.05) is 0 Å².